The van der Waals surface area contributed by atoms with Gasteiger partial charge in [0.05, 0.1) is 17.7 Å². The van der Waals surface area contributed by atoms with Crippen molar-refractivity contribution in [2.45, 2.75) is 18.4 Å². The number of hydrogen-bond donors (Lipinski definition) is 5. The molecular formula is C12H17N5O4. The lowest BCUT2D eigenvalue weighted by Crippen LogP contribution is -2.39. The minimum Gasteiger partial charge on any atom is -0.394 e. The van der Waals surface area contributed by atoms with Crippen molar-refractivity contribution in [2.24, 2.45) is 10.7 Å². The molecular weight excluding hydrogens is 278 g/mol. The average molecular weight is 295 g/mol. The normalized spacial score (nSPS) is 18.0. The van der Waals surface area contributed by atoms with E-state index in [2.05, 4.69) is 10.3 Å². The Bertz CT molecular complexity index is 587. The van der Waals surface area contributed by atoms with E-state index in [0.29, 0.717) is 11.4 Å². The van der Waals surface area contributed by atoms with Crippen LogP contribution in [0.3, 0.4) is 0 Å². The summed E-state index contributed by atoms with van der Waals surface area (Å²) in [6.07, 6.45) is -2.40. The molecule has 1 aromatic rings. The maximum Gasteiger partial charge on any atom is 0.160 e. The Morgan fingerprint density at radius 3 is 2.90 bits per heavy atom. The Morgan fingerprint density at radius 2 is 2.33 bits per heavy atom. The third kappa shape index (κ3) is 2.57. The van der Waals surface area contributed by atoms with Crippen LogP contribution in [0.2, 0.25) is 0 Å². The Labute approximate surface area is 120 Å². The molecule has 0 saturated carbocycles. The first-order valence-corrected chi connectivity index (χ1v) is 6.24. The maximum absolute atomic E-state index is 10.3. The highest BCUT2D eigenvalue weighted by atomic mass is 16.5. The number of rotatable bonds is 5. The number of hydrogen-bond acceptors (Lipinski definition) is 8. The Hall–Kier alpha value is -2.12. The molecule has 0 spiro atoms. The summed E-state index contributed by atoms with van der Waals surface area (Å²) in [5.41, 5.74) is 6.37. The summed E-state index contributed by atoms with van der Waals surface area (Å²) in [6.45, 7) is -0.259. The molecule has 0 aromatic carbocycles. The van der Waals surface area contributed by atoms with Gasteiger partial charge in [-0.05, 0) is 0 Å². The van der Waals surface area contributed by atoms with Gasteiger partial charge >= 0.3 is 0 Å². The van der Waals surface area contributed by atoms with Gasteiger partial charge in [-0.3, -0.25) is 0 Å². The zero-order valence-corrected chi connectivity index (χ0v) is 11.4. The number of nitrogens with two attached hydrogens (primary N) is 1. The number of amidine groups is 1. The van der Waals surface area contributed by atoms with E-state index in [9.17, 15) is 10.2 Å². The molecule has 0 fully saturated rings. The maximum atomic E-state index is 10.3. The van der Waals surface area contributed by atoms with Gasteiger partial charge in [0.25, 0.3) is 0 Å². The van der Waals surface area contributed by atoms with Crippen molar-refractivity contribution in [2.75, 3.05) is 25.7 Å². The minimum atomic E-state index is -1.42. The highest BCUT2D eigenvalue weighted by Gasteiger charge is 2.31. The van der Waals surface area contributed by atoms with Crippen molar-refractivity contribution < 1.29 is 20.1 Å². The number of anilines is 1. The monoisotopic (exact) mass is 295 g/mol. The molecule has 3 atom stereocenters. The van der Waals surface area contributed by atoms with E-state index in [4.69, 9.17) is 20.8 Å². The van der Waals surface area contributed by atoms with Crippen molar-refractivity contribution in [3.63, 3.8) is 0 Å². The molecule has 3 unspecified atom stereocenters. The molecule has 0 saturated heterocycles. The Kier molecular flexibility index (Phi) is 4.44. The van der Waals surface area contributed by atoms with Gasteiger partial charge in [0, 0.05) is 13.3 Å². The standard InChI is InChI=1S/C12H17N5O4/c1-21-7(4-18)9(19)12(20)17-3-6(2-13)8-10(14)15-5-16-11(8)17/h3,7,9,12,16,18-20H,4-5H2,1H3,(H2,14,15). The van der Waals surface area contributed by atoms with Gasteiger partial charge in [-0.1, -0.05) is 0 Å². The van der Waals surface area contributed by atoms with Crippen LogP contribution < -0.4 is 11.1 Å². The van der Waals surface area contributed by atoms with Crippen LogP contribution in [-0.2, 0) is 4.74 Å². The predicted octanol–water partition coefficient (Wildman–Crippen LogP) is -1.69. The van der Waals surface area contributed by atoms with Crippen molar-refractivity contribution >= 4 is 11.7 Å². The zero-order chi connectivity index (χ0) is 15.6. The topological polar surface area (TPSA) is 149 Å². The van der Waals surface area contributed by atoms with Crippen molar-refractivity contribution in [1.82, 2.24) is 4.57 Å². The lowest BCUT2D eigenvalue weighted by atomic mass is 10.1. The van der Waals surface area contributed by atoms with E-state index in [-0.39, 0.29) is 18.1 Å². The summed E-state index contributed by atoms with van der Waals surface area (Å²) in [5, 5.41) is 41.5. The molecule has 9 nitrogen and oxygen atoms in total. The van der Waals surface area contributed by atoms with Crippen LogP contribution in [0.5, 0.6) is 0 Å². The second-order valence-corrected chi connectivity index (χ2v) is 4.52. The van der Waals surface area contributed by atoms with E-state index in [1.54, 1.807) is 0 Å². The van der Waals surface area contributed by atoms with Gasteiger partial charge in [-0.2, -0.15) is 5.26 Å². The van der Waals surface area contributed by atoms with Crippen LogP contribution in [0.25, 0.3) is 0 Å². The van der Waals surface area contributed by atoms with Crippen molar-refractivity contribution in [3.8, 4) is 6.07 Å². The number of nitrogens with zero attached hydrogens (tertiary/aromatic N) is 3. The fourth-order valence-electron chi connectivity index (χ4n) is 2.21. The van der Waals surface area contributed by atoms with E-state index in [1.165, 1.54) is 17.9 Å². The van der Waals surface area contributed by atoms with Crippen LogP contribution in [0, 0.1) is 11.3 Å². The van der Waals surface area contributed by atoms with Gasteiger partial charge in [-0.25, -0.2) is 4.99 Å². The van der Waals surface area contributed by atoms with Gasteiger partial charge in [0.2, 0.25) is 0 Å². The fraction of sp³-hybridized carbons (Fsp3) is 0.500. The Morgan fingerprint density at radius 1 is 1.62 bits per heavy atom. The lowest BCUT2D eigenvalue weighted by molar-refractivity contribution is -0.116. The number of aromatic nitrogens is 1. The average Bonchev–Trinajstić information content (AvgIpc) is 2.87. The minimum absolute atomic E-state index is 0.186. The quantitative estimate of drug-likeness (QED) is 0.435. The van der Waals surface area contributed by atoms with E-state index in [1.807, 2.05) is 6.07 Å². The number of aliphatic hydroxyl groups excluding tert-OH is 3. The molecule has 0 bridgehead atoms. The SMILES string of the molecule is COC(CO)C(O)C(O)n1cc(C#N)c2c1NCN=C2N. The third-order valence-electron chi connectivity index (χ3n) is 3.36. The summed E-state index contributed by atoms with van der Waals surface area (Å²) in [7, 11) is 1.31. The zero-order valence-electron chi connectivity index (χ0n) is 11.4. The fourth-order valence-corrected chi connectivity index (χ4v) is 2.21. The van der Waals surface area contributed by atoms with Crippen molar-refractivity contribution in [3.05, 3.63) is 17.3 Å². The molecule has 1 aromatic heterocycles. The highest BCUT2D eigenvalue weighted by Crippen LogP contribution is 2.29. The molecule has 0 amide bonds. The van der Waals surface area contributed by atoms with Crippen LogP contribution in [-0.4, -0.2) is 58.3 Å². The molecule has 1 aliphatic heterocycles. The second-order valence-electron chi connectivity index (χ2n) is 4.52. The molecule has 1 aliphatic rings. The van der Waals surface area contributed by atoms with Gasteiger partial charge < -0.3 is 35.7 Å². The number of ether oxygens (including phenoxy) is 1. The largest absolute Gasteiger partial charge is 0.394 e. The van der Waals surface area contributed by atoms with Crippen LogP contribution in [0.4, 0.5) is 5.82 Å². The van der Waals surface area contributed by atoms with Gasteiger partial charge in [0.15, 0.2) is 6.23 Å². The number of aliphatic imine (C=N–C) groups is 1. The number of methoxy groups -OCH3 is 1. The molecule has 6 N–H and O–H groups in total. The first-order valence-electron chi connectivity index (χ1n) is 6.24. The summed E-state index contributed by atoms with van der Waals surface area (Å²) < 4.78 is 6.17. The smallest absolute Gasteiger partial charge is 0.160 e. The molecule has 2 rings (SSSR count). The van der Waals surface area contributed by atoms with Gasteiger partial charge in [-0.15, -0.1) is 0 Å². The van der Waals surface area contributed by atoms with Crippen molar-refractivity contribution in [1.29, 1.82) is 5.26 Å². The lowest BCUT2D eigenvalue weighted by Gasteiger charge is -2.27. The molecule has 0 aliphatic carbocycles. The number of aliphatic hydroxyl groups is 3. The molecule has 114 valence electrons. The first-order chi connectivity index (χ1) is 10.0. The number of nitriles is 1. The summed E-state index contributed by atoms with van der Waals surface area (Å²) in [4.78, 5) is 3.97. The van der Waals surface area contributed by atoms with Crippen LogP contribution in [0.1, 0.15) is 17.4 Å². The summed E-state index contributed by atoms with van der Waals surface area (Å²) in [5.74, 6) is 0.574. The predicted molar refractivity (Wildman–Crippen MR) is 73.5 cm³/mol. The number of nitrogens with one attached hydrogen (secondary N) is 1. The third-order valence-corrected chi connectivity index (χ3v) is 3.36. The molecule has 9 heteroatoms. The van der Waals surface area contributed by atoms with Crippen LogP contribution in [0.15, 0.2) is 11.2 Å². The molecule has 21 heavy (non-hydrogen) atoms. The molecule has 2 heterocycles. The second kappa shape index (κ2) is 6.11. The van der Waals surface area contributed by atoms with Crippen LogP contribution >= 0.6 is 0 Å². The highest BCUT2D eigenvalue weighted by molar-refractivity contribution is 6.05. The number of fused-ring (bicyclic) bond motifs is 1. The van der Waals surface area contributed by atoms with Gasteiger partial charge in [0.1, 0.15) is 36.6 Å². The summed E-state index contributed by atoms with van der Waals surface area (Å²) >= 11 is 0. The molecule has 0 radical (unpaired) electrons. The van der Waals surface area contributed by atoms with E-state index in [0.717, 1.165) is 0 Å². The first kappa shape index (κ1) is 15.3. The van der Waals surface area contributed by atoms with E-state index < -0.39 is 25.0 Å². The van der Waals surface area contributed by atoms with E-state index >= 15 is 0 Å². The Balaban J connectivity index is 2.42. The summed E-state index contributed by atoms with van der Waals surface area (Å²) in [6, 6.07) is 1.96.